The van der Waals surface area contributed by atoms with Gasteiger partial charge in [-0.25, -0.2) is 0 Å². The Bertz CT molecular complexity index is 550. The molecule has 0 aliphatic carbocycles. The number of amides is 1. The van der Waals surface area contributed by atoms with Crippen molar-refractivity contribution in [3.63, 3.8) is 0 Å². The molecule has 2 heterocycles. The van der Waals surface area contributed by atoms with Crippen molar-refractivity contribution < 1.29 is 14.3 Å². The van der Waals surface area contributed by atoms with Crippen molar-refractivity contribution >= 4 is 11.7 Å². The van der Waals surface area contributed by atoms with Crippen LogP contribution >= 0.6 is 0 Å². The van der Waals surface area contributed by atoms with Gasteiger partial charge in [0.05, 0.1) is 14.2 Å². The standard InChI is InChI=1S/C8H9N5O3/c1-15-6-4(5(9)14)7(16-2)13-8(12-6)10-3-11-13/h3H,1-2H3,(H2,9,14). The van der Waals surface area contributed by atoms with Crippen LogP contribution in [0, 0.1) is 0 Å². The summed E-state index contributed by atoms with van der Waals surface area (Å²) in [6, 6.07) is 0. The lowest BCUT2D eigenvalue weighted by molar-refractivity contribution is 0.0992. The number of hydrogen-bond donors (Lipinski definition) is 1. The monoisotopic (exact) mass is 223 g/mol. The van der Waals surface area contributed by atoms with Gasteiger partial charge >= 0.3 is 0 Å². The molecule has 0 saturated heterocycles. The third-order valence-electron chi connectivity index (χ3n) is 1.98. The van der Waals surface area contributed by atoms with Gasteiger partial charge in [0.15, 0.2) is 5.56 Å². The molecule has 1 amide bonds. The number of nitrogens with zero attached hydrogens (tertiary/aromatic N) is 4. The van der Waals surface area contributed by atoms with E-state index in [0.717, 1.165) is 0 Å². The van der Waals surface area contributed by atoms with E-state index in [9.17, 15) is 4.79 Å². The summed E-state index contributed by atoms with van der Waals surface area (Å²) in [6.07, 6.45) is 1.29. The highest BCUT2D eigenvalue weighted by atomic mass is 16.5. The number of carbonyl (C=O) groups is 1. The van der Waals surface area contributed by atoms with Gasteiger partial charge in [0.2, 0.25) is 11.8 Å². The Labute approximate surface area is 90.0 Å². The van der Waals surface area contributed by atoms with E-state index in [1.807, 2.05) is 0 Å². The van der Waals surface area contributed by atoms with Crippen LogP contribution in [-0.2, 0) is 0 Å². The molecule has 0 aliphatic rings. The molecule has 0 fully saturated rings. The lowest BCUT2D eigenvalue weighted by Crippen LogP contribution is -2.17. The number of ether oxygens (including phenoxy) is 2. The predicted octanol–water partition coefficient (Wildman–Crippen LogP) is -0.760. The van der Waals surface area contributed by atoms with Gasteiger partial charge in [-0.1, -0.05) is 0 Å². The van der Waals surface area contributed by atoms with Gasteiger partial charge in [-0.2, -0.15) is 19.6 Å². The number of primary amides is 1. The summed E-state index contributed by atoms with van der Waals surface area (Å²) in [5.41, 5.74) is 5.26. The molecule has 8 nitrogen and oxygen atoms in total. The van der Waals surface area contributed by atoms with E-state index in [1.165, 1.54) is 25.1 Å². The third-order valence-corrected chi connectivity index (χ3v) is 1.98. The van der Waals surface area contributed by atoms with Crippen molar-refractivity contribution in [3.05, 3.63) is 11.9 Å². The van der Waals surface area contributed by atoms with Gasteiger partial charge in [-0.3, -0.25) is 4.79 Å². The van der Waals surface area contributed by atoms with Crippen LogP contribution in [0.2, 0.25) is 0 Å². The highest BCUT2D eigenvalue weighted by Gasteiger charge is 2.22. The Hall–Kier alpha value is -2.38. The lowest BCUT2D eigenvalue weighted by Gasteiger charge is -2.09. The topological polar surface area (TPSA) is 105 Å². The van der Waals surface area contributed by atoms with Crippen molar-refractivity contribution in [2.75, 3.05) is 14.2 Å². The first-order valence-electron chi connectivity index (χ1n) is 4.30. The zero-order valence-electron chi connectivity index (χ0n) is 8.67. The molecule has 0 bridgehead atoms. The molecule has 0 aromatic carbocycles. The lowest BCUT2D eigenvalue weighted by atomic mass is 10.3. The second-order valence-corrected chi connectivity index (χ2v) is 2.84. The van der Waals surface area contributed by atoms with E-state index in [0.29, 0.717) is 0 Å². The fourth-order valence-corrected chi connectivity index (χ4v) is 1.35. The maximum atomic E-state index is 11.3. The Morgan fingerprint density at radius 2 is 2.19 bits per heavy atom. The zero-order valence-corrected chi connectivity index (χ0v) is 8.67. The minimum absolute atomic E-state index is 0.0306. The number of fused-ring (bicyclic) bond motifs is 1. The second kappa shape index (κ2) is 3.65. The molecular weight excluding hydrogens is 214 g/mol. The predicted molar refractivity (Wildman–Crippen MR) is 52.4 cm³/mol. The second-order valence-electron chi connectivity index (χ2n) is 2.84. The molecule has 84 valence electrons. The summed E-state index contributed by atoms with van der Waals surface area (Å²) in [4.78, 5) is 19.1. The van der Waals surface area contributed by atoms with Crippen molar-refractivity contribution in [1.82, 2.24) is 19.6 Å². The van der Waals surface area contributed by atoms with Crippen molar-refractivity contribution in [3.8, 4) is 11.8 Å². The maximum absolute atomic E-state index is 11.3. The largest absolute Gasteiger partial charge is 0.480 e. The van der Waals surface area contributed by atoms with Gasteiger partial charge < -0.3 is 15.2 Å². The quantitative estimate of drug-likeness (QED) is 0.733. The fraction of sp³-hybridized carbons (Fsp3) is 0.250. The van der Waals surface area contributed by atoms with E-state index in [4.69, 9.17) is 15.2 Å². The van der Waals surface area contributed by atoms with E-state index in [-0.39, 0.29) is 23.1 Å². The minimum Gasteiger partial charge on any atom is -0.480 e. The van der Waals surface area contributed by atoms with Gasteiger partial charge in [-0.15, -0.1) is 0 Å². The molecule has 2 N–H and O–H groups in total. The first kappa shape index (κ1) is 10.1. The normalized spacial score (nSPS) is 10.4. The molecule has 0 atom stereocenters. The van der Waals surface area contributed by atoms with Crippen LogP contribution < -0.4 is 15.2 Å². The Morgan fingerprint density at radius 3 is 2.75 bits per heavy atom. The zero-order chi connectivity index (χ0) is 11.7. The average molecular weight is 223 g/mol. The summed E-state index contributed by atoms with van der Waals surface area (Å²) < 4.78 is 11.3. The molecule has 2 aromatic rings. The minimum atomic E-state index is -0.710. The van der Waals surface area contributed by atoms with Gasteiger partial charge in [-0.05, 0) is 0 Å². The Kier molecular flexibility index (Phi) is 2.31. The summed E-state index contributed by atoms with van der Waals surface area (Å²) in [6.45, 7) is 0. The highest BCUT2D eigenvalue weighted by molar-refractivity contribution is 5.97. The Morgan fingerprint density at radius 1 is 1.44 bits per heavy atom. The van der Waals surface area contributed by atoms with Gasteiger partial charge in [0, 0.05) is 0 Å². The summed E-state index contributed by atoms with van der Waals surface area (Å²) >= 11 is 0. The van der Waals surface area contributed by atoms with Crippen LogP contribution in [0.5, 0.6) is 11.8 Å². The molecule has 0 saturated carbocycles. The van der Waals surface area contributed by atoms with Gasteiger partial charge in [0.1, 0.15) is 6.33 Å². The highest BCUT2D eigenvalue weighted by Crippen LogP contribution is 2.25. The summed E-state index contributed by atoms with van der Waals surface area (Å²) in [5, 5.41) is 3.86. The number of nitrogens with two attached hydrogens (primary N) is 1. The van der Waals surface area contributed by atoms with Crippen molar-refractivity contribution in [2.24, 2.45) is 5.73 Å². The smallest absolute Gasteiger partial charge is 0.259 e. The molecule has 0 spiro atoms. The molecule has 2 aromatic heterocycles. The summed E-state index contributed by atoms with van der Waals surface area (Å²) in [7, 11) is 2.77. The van der Waals surface area contributed by atoms with Gasteiger partial charge in [0.25, 0.3) is 11.7 Å². The molecule has 2 rings (SSSR count). The van der Waals surface area contributed by atoms with Crippen LogP contribution in [0.15, 0.2) is 6.33 Å². The molecular formula is C8H9N5O3. The van der Waals surface area contributed by atoms with Crippen molar-refractivity contribution in [2.45, 2.75) is 0 Å². The molecule has 8 heteroatoms. The van der Waals surface area contributed by atoms with E-state index >= 15 is 0 Å². The number of methoxy groups -OCH3 is 2. The first-order valence-corrected chi connectivity index (χ1v) is 4.30. The van der Waals surface area contributed by atoms with Crippen LogP contribution in [0.4, 0.5) is 0 Å². The fourth-order valence-electron chi connectivity index (χ4n) is 1.35. The van der Waals surface area contributed by atoms with Crippen LogP contribution in [0.1, 0.15) is 10.4 Å². The average Bonchev–Trinajstić information content (AvgIpc) is 2.73. The number of hydrogen-bond acceptors (Lipinski definition) is 6. The number of aromatic nitrogens is 4. The van der Waals surface area contributed by atoms with Crippen LogP contribution in [0.3, 0.4) is 0 Å². The van der Waals surface area contributed by atoms with Crippen molar-refractivity contribution in [1.29, 1.82) is 0 Å². The molecule has 16 heavy (non-hydrogen) atoms. The van der Waals surface area contributed by atoms with E-state index < -0.39 is 5.91 Å². The van der Waals surface area contributed by atoms with Crippen LogP contribution in [0.25, 0.3) is 5.78 Å². The third kappa shape index (κ3) is 1.31. The van der Waals surface area contributed by atoms with E-state index in [2.05, 4.69) is 15.1 Å². The number of carbonyl (C=O) groups excluding carboxylic acids is 1. The van der Waals surface area contributed by atoms with E-state index in [1.54, 1.807) is 0 Å². The SMILES string of the molecule is COc1nc2ncnn2c(OC)c1C(N)=O. The number of rotatable bonds is 3. The maximum Gasteiger partial charge on any atom is 0.259 e. The van der Waals surface area contributed by atoms with Crippen LogP contribution in [-0.4, -0.2) is 39.7 Å². The molecule has 0 radical (unpaired) electrons. The first-order chi connectivity index (χ1) is 7.69. The summed E-state index contributed by atoms with van der Waals surface area (Å²) in [5.74, 6) is -0.242. The molecule has 0 aliphatic heterocycles. The molecule has 0 unspecified atom stereocenters. The Balaban J connectivity index is 2.86.